The van der Waals surface area contributed by atoms with Crippen LogP contribution in [0.4, 0.5) is 24.8 Å². The Balaban J connectivity index is 1.61. The van der Waals surface area contributed by atoms with Crippen molar-refractivity contribution in [2.45, 2.75) is 6.18 Å². The number of para-hydroxylation sites is 1. The van der Waals surface area contributed by atoms with Crippen molar-refractivity contribution in [1.82, 2.24) is 15.0 Å². The number of phenols is 1. The summed E-state index contributed by atoms with van der Waals surface area (Å²) >= 11 is 0. The highest BCUT2D eigenvalue weighted by Crippen LogP contribution is 2.31. The molecule has 140 valence electrons. The number of nitrogens with one attached hydrogen (secondary N) is 1. The van der Waals surface area contributed by atoms with Crippen LogP contribution in [0.15, 0.2) is 67.0 Å². The van der Waals surface area contributed by atoms with E-state index >= 15 is 0 Å². The van der Waals surface area contributed by atoms with E-state index in [2.05, 4.69) is 20.3 Å². The summed E-state index contributed by atoms with van der Waals surface area (Å²) in [6.07, 6.45) is -3.07. The number of hydrogen-bond donors (Lipinski definition) is 2. The monoisotopic (exact) mass is 382 g/mol. The molecule has 0 aliphatic carbocycles. The van der Waals surface area contributed by atoms with Crippen LogP contribution in [0.25, 0.3) is 22.2 Å². The summed E-state index contributed by atoms with van der Waals surface area (Å²) in [5.74, 6) is 0.951. The van der Waals surface area contributed by atoms with Gasteiger partial charge in [-0.2, -0.15) is 13.2 Å². The molecule has 0 spiro atoms. The number of halogens is 3. The first-order chi connectivity index (χ1) is 13.4. The van der Waals surface area contributed by atoms with Crippen molar-refractivity contribution in [2.24, 2.45) is 0 Å². The summed E-state index contributed by atoms with van der Waals surface area (Å²) in [5.41, 5.74) is 0.728. The minimum Gasteiger partial charge on any atom is -0.506 e. The predicted molar refractivity (Wildman–Crippen MR) is 99.2 cm³/mol. The number of aromatic nitrogens is 3. The topological polar surface area (TPSA) is 70.9 Å². The number of pyridine rings is 1. The first kappa shape index (κ1) is 17.7. The molecule has 0 atom stereocenters. The molecule has 0 aliphatic heterocycles. The van der Waals surface area contributed by atoms with Gasteiger partial charge in [-0.3, -0.25) is 0 Å². The molecule has 0 fully saturated rings. The zero-order chi connectivity index (χ0) is 19.7. The van der Waals surface area contributed by atoms with E-state index in [1.54, 1.807) is 24.3 Å². The van der Waals surface area contributed by atoms with Crippen LogP contribution in [0.5, 0.6) is 5.75 Å². The normalized spacial score (nSPS) is 11.5. The summed E-state index contributed by atoms with van der Waals surface area (Å²) in [4.78, 5) is 12.6. The van der Waals surface area contributed by atoms with Gasteiger partial charge in [0.2, 0.25) is 0 Å². The van der Waals surface area contributed by atoms with Crippen molar-refractivity contribution >= 4 is 22.5 Å². The fourth-order valence-corrected chi connectivity index (χ4v) is 2.75. The van der Waals surface area contributed by atoms with Gasteiger partial charge in [-0.05, 0) is 30.3 Å². The molecule has 0 bridgehead atoms. The molecule has 4 rings (SSSR count). The second-order valence-corrected chi connectivity index (χ2v) is 6.03. The summed E-state index contributed by atoms with van der Waals surface area (Å²) in [5, 5.41) is 13.7. The number of alkyl halides is 3. The quantitative estimate of drug-likeness (QED) is 0.512. The number of aromatic hydroxyl groups is 1. The van der Waals surface area contributed by atoms with E-state index in [-0.39, 0.29) is 5.75 Å². The fraction of sp³-hybridized carbons (Fsp3) is 0.0500. The Bertz CT molecular complexity index is 1140. The van der Waals surface area contributed by atoms with Gasteiger partial charge in [0.05, 0.1) is 11.3 Å². The number of phenolic OH excluding ortho intramolecular Hbond substituents is 1. The maximum absolute atomic E-state index is 12.7. The van der Waals surface area contributed by atoms with Crippen LogP contribution < -0.4 is 5.32 Å². The predicted octanol–water partition coefficient (Wildman–Crippen LogP) is 5.16. The Morgan fingerprint density at radius 2 is 1.64 bits per heavy atom. The lowest BCUT2D eigenvalue weighted by molar-refractivity contribution is -0.137. The molecule has 2 aromatic heterocycles. The number of rotatable bonds is 3. The van der Waals surface area contributed by atoms with Crippen molar-refractivity contribution < 1.29 is 18.3 Å². The molecule has 0 amide bonds. The first-order valence-electron chi connectivity index (χ1n) is 8.25. The molecule has 2 N–H and O–H groups in total. The fourth-order valence-electron chi connectivity index (χ4n) is 2.75. The van der Waals surface area contributed by atoms with Gasteiger partial charge >= 0.3 is 6.18 Å². The van der Waals surface area contributed by atoms with Crippen molar-refractivity contribution in [3.05, 3.63) is 72.6 Å². The largest absolute Gasteiger partial charge is 0.506 e. The smallest absolute Gasteiger partial charge is 0.416 e. The van der Waals surface area contributed by atoms with E-state index < -0.39 is 11.7 Å². The van der Waals surface area contributed by atoms with E-state index in [1.165, 1.54) is 18.5 Å². The number of fused-ring (bicyclic) bond motifs is 1. The summed E-state index contributed by atoms with van der Waals surface area (Å²) < 4.78 is 38.1. The Morgan fingerprint density at radius 3 is 2.39 bits per heavy atom. The van der Waals surface area contributed by atoms with Gasteiger partial charge in [-0.25, -0.2) is 15.0 Å². The SMILES string of the molecule is Oc1cccc2ccc(Nc3cc(-c4ccc(C(F)(F)F)cc4)ncn3)nc12. The molecule has 4 aromatic rings. The zero-order valence-corrected chi connectivity index (χ0v) is 14.3. The van der Waals surface area contributed by atoms with Crippen LogP contribution in [-0.2, 0) is 6.18 Å². The van der Waals surface area contributed by atoms with Crippen LogP contribution in [0, 0.1) is 0 Å². The van der Waals surface area contributed by atoms with Crippen LogP contribution in [-0.4, -0.2) is 20.1 Å². The molecule has 0 aliphatic rings. The molecule has 2 aromatic carbocycles. The van der Waals surface area contributed by atoms with Crippen LogP contribution in [0.2, 0.25) is 0 Å². The van der Waals surface area contributed by atoms with Crippen molar-refractivity contribution in [3.63, 3.8) is 0 Å². The highest BCUT2D eigenvalue weighted by molar-refractivity contribution is 5.85. The molecule has 0 radical (unpaired) electrons. The van der Waals surface area contributed by atoms with Crippen molar-refractivity contribution in [1.29, 1.82) is 0 Å². The highest BCUT2D eigenvalue weighted by atomic mass is 19.4. The number of nitrogens with zero attached hydrogens (tertiary/aromatic N) is 3. The lowest BCUT2D eigenvalue weighted by atomic mass is 10.1. The number of anilines is 2. The summed E-state index contributed by atoms with van der Waals surface area (Å²) in [6, 6.07) is 15.0. The second kappa shape index (κ2) is 6.80. The summed E-state index contributed by atoms with van der Waals surface area (Å²) in [6.45, 7) is 0. The molecule has 0 saturated heterocycles. The summed E-state index contributed by atoms with van der Waals surface area (Å²) in [7, 11) is 0. The van der Waals surface area contributed by atoms with Gasteiger partial charge in [-0.1, -0.05) is 24.3 Å². The standard InChI is InChI=1S/C20H13F3N4O/c21-20(22,23)14-7-4-12(5-8-14)15-10-18(25-11-24-15)26-17-9-6-13-2-1-3-16(28)19(13)27-17/h1-11,28H,(H,24,25,26,27). The van der Waals surface area contributed by atoms with Gasteiger partial charge < -0.3 is 10.4 Å². The minimum absolute atomic E-state index is 0.0641. The molecule has 8 heteroatoms. The van der Waals surface area contributed by atoms with E-state index in [0.29, 0.717) is 28.4 Å². The van der Waals surface area contributed by atoms with E-state index in [4.69, 9.17) is 0 Å². The lowest BCUT2D eigenvalue weighted by Gasteiger charge is -2.09. The third-order valence-corrected chi connectivity index (χ3v) is 4.13. The van der Waals surface area contributed by atoms with Gasteiger partial charge in [0.15, 0.2) is 0 Å². The lowest BCUT2D eigenvalue weighted by Crippen LogP contribution is -2.04. The van der Waals surface area contributed by atoms with Gasteiger partial charge in [0.1, 0.15) is 29.2 Å². The third-order valence-electron chi connectivity index (χ3n) is 4.13. The molecular weight excluding hydrogens is 369 g/mol. The molecular formula is C20H13F3N4O. The van der Waals surface area contributed by atoms with Crippen LogP contribution >= 0.6 is 0 Å². The van der Waals surface area contributed by atoms with E-state index in [1.807, 2.05) is 12.1 Å². The number of benzene rings is 2. The zero-order valence-electron chi connectivity index (χ0n) is 14.3. The highest BCUT2D eigenvalue weighted by Gasteiger charge is 2.30. The average molecular weight is 382 g/mol. The molecule has 28 heavy (non-hydrogen) atoms. The second-order valence-electron chi connectivity index (χ2n) is 6.03. The van der Waals surface area contributed by atoms with Crippen LogP contribution in [0.1, 0.15) is 5.56 Å². The van der Waals surface area contributed by atoms with Crippen molar-refractivity contribution in [2.75, 3.05) is 5.32 Å². The van der Waals surface area contributed by atoms with Crippen molar-refractivity contribution in [3.8, 4) is 17.0 Å². The molecule has 0 saturated carbocycles. The Morgan fingerprint density at radius 1 is 0.857 bits per heavy atom. The Hall–Kier alpha value is -3.68. The average Bonchev–Trinajstić information content (AvgIpc) is 2.68. The third kappa shape index (κ3) is 3.57. The van der Waals surface area contributed by atoms with Crippen LogP contribution in [0.3, 0.4) is 0 Å². The number of hydrogen-bond acceptors (Lipinski definition) is 5. The first-order valence-corrected chi connectivity index (χ1v) is 8.25. The Labute approximate surface area is 157 Å². The van der Waals surface area contributed by atoms with Gasteiger partial charge in [-0.15, -0.1) is 0 Å². The molecule has 0 unspecified atom stereocenters. The molecule has 2 heterocycles. The van der Waals surface area contributed by atoms with Gasteiger partial charge in [0.25, 0.3) is 0 Å². The van der Waals surface area contributed by atoms with E-state index in [9.17, 15) is 18.3 Å². The maximum atomic E-state index is 12.7. The van der Waals surface area contributed by atoms with E-state index in [0.717, 1.165) is 17.5 Å². The van der Waals surface area contributed by atoms with Gasteiger partial charge in [0, 0.05) is 17.0 Å². The Kier molecular flexibility index (Phi) is 4.31. The molecule has 5 nitrogen and oxygen atoms in total. The maximum Gasteiger partial charge on any atom is 0.416 e. The minimum atomic E-state index is -4.38.